The van der Waals surface area contributed by atoms with Gasteiger partial charge in [-0.2, -0.15) is 0 Å². The Bertz CT molecular complexity index is 867. The number of hydrogen-bond donors (Lipinski definition) is 2. The normalized spacial score (nSPS) is 20.5. The average molecular weight is 380 g/mol. The summed E-state index contributed by atoms with van der Waals surface area (Å²) >= 11 is 12.6. The highest BCUT2D eigenvalue weighted by Crippen LogP contribution is 2.47. The molecule has 0 aromatic heterocycles. The molecule has 2 aromatic carbocycles. The number of rotatable bonds is 4. The molecule has 1 aliphatic rings. The lowest BCUT2D eigenvalue weighted by Crippen LogP contribution is -2.30. The molecule has 0 radical (unpaired) electrons. The Balaban J connectivity index is 2.11. The van der Waals surface area contributed by atoms with Crippen LogP contribution in [0.25, 0.3) is 0 Å². The number of aliphatic carboxylic acids is 1. The van der Waals surface area contributed by atoms with E-state index < -0.39 is 18.0 Å². The van der Waals surface area contributed by atoms with Crippen LogP contribution in [0, 0.1) is 0 Å². The van der Waals surface area contributed by atoms with Gasteiger partial charge in [0.1, 0.15) is 10.8 Å². The topological polar surface area (TPSA) is 79.1 Å². The number of carbonyl (C=O) groups is 1. The molecule has 0 heterocycles. The molecule has 25 heavy (non-hydrogen) atoms. The Labute approximate surface area is 154 Å². The van der Waals surface area contributed by atoms with Crippen LogP contribution in [0.1, 0.15) is 23.6 Å². The lowest BCUT2D eigenvalue weighted by Gasteiger charge is -2.24. The molecule has 130 valence electrons. The third kappa shape index (κ3) is 2.94. The van der Waals surface area contributed by atoms with Crippen molar-refractivity contribution in [2.75, 3.05) is 6.61 Å². The summed E-state index contributed by atoms with van der Waals surface area (Å²) in [6.45, 7) is 1.44. The number of fused-ring (bicyclic) bond motifs is 1. The minimum absolute atomic E-state index is 0.0973. The quantitative estimate of drug-likeness (QED) is 0.617. The van der Waals surface area contributed by atoms with Crippen molar-refractivity contribution in [2.24, 2.45) is 5.16 Å². The summed E-state index contributed by atoms with van der Waals surface area (Å²) in [5, 5.41) is 22.2. The average Bonchev–Trinajstić information content (AvgIpc) is 2.90. The van der Waals surface area contributed by atoms with Gasteiger partial charge in [-0.25, -0.2) is 4.79 Å². The zero-order valence-electron chi connectivity index (χ0n) is 13.3. The van der Waals surface area contributed by atoms with Gasteiger partial charge in [-0.1, -0.05) is 58.7 Å². The number of carboxylic acids is 1. The predicted octanol–water partition coefficient (Wildman–Crippen LogP) is 4.15. The molecule has 0 spiro atoms. The van der Waals surface area contributed by atoms with Gasteiger partial charge in [0.05, 0.1) is 10.7 Å². The van der Waals surface area contributed by atoms with Gasteiger partial charge in [0.25, 0.3) is 0 Å². The highest BCUT2D eigenvalue weighted by Gasteiger charge is 2.43. The Morgan fingerprint density at radius 2 is 1.96 bits per heavy atom. The van der Waals surface area contributed by atoms with Crippen LogP contribution in [-0.4, -0.2) is 28.6 Å². The van der Waals surface area contributed by atoms with Gasteiger partial charge in [0.2, 0.25) is 0 Å². The number of halogens is 2. The van der Waals surface area contributed by atoms with Crippen molar-refractivity contribution >= 4 is 34.9 Å². The second-order valence-electron chi connectivity index (χ2n) is 6.04. The molecule has 0 saturated carbocycles. The van der Waals surface area contributed by atoms with Gasteiger partial charge >= 0.3 is 5.97 Å². The zero-order valence-corrected chi connectivity index (χ0v) is 14.8. The van der Waals surface area contributed by atoms with Crippen LogP contribution >= 0.6 is 23.2 Å². The van der Waals surface area contributed by atoms with Crippen LogP contribution in [0.4, 0.5) is 0 Å². The van der Waals surface area contributed by atoms with Crippen LogP contribution < -0.4 is 4.74 Å². The van der Waals surface area contributed by atoms with E-state index in [0.717, 1.165) is 11.1 Å². The fourth-order valence-electron chi connectivity index (χ4n) is 3.24. The van der Waals surface area contributed by atoms with Crippen molar-refractivity contribution in [1.82, 2.24) is 0 Å². The van der Waals surface area contributed by atoms with Crippen molar-refractivity contribution in [3.63, 3.8) is 0 Å². The minimum Gasteiger partial charge on any atom is -0.480 e. The molecule has 5 nitrogen and oxygen atoms in total. The fourth-order valence-corrected chi connectivity index (χ4v) is 3.75. The lowest BCUT2D eigenvalue weighted by molar-refractivity contribution is -0.139. The van der Waals surface area contributed by atoms with E-state index in [4.69, 9.17) is 33.0 Å². The SMILES string of the molecule is CC1(c2ccccc2)Cc2cc(OCC(=O)O)c(Cl)c(Cl)c2/C1=N\O. The van der Waals surface area contributed by atoms with Gasteiger partial charge in [-0.15, -0.1) is 0 Å². The third-order valence-corrected chi connectivity index (χ3v) is 5.27. The van der Waals surface area contributed by atoms with Crippen molar-refractivity contribution in [2.45, 2.75) is 18.8 Å². The first kappa shape index (κ1) is 17.6. The van der Waals surface area contributed by atoms with Gasteiger partial charge in [0, 0.05) is 11.0 Å². The molecular formula is C18H15Cl2NO4. The van der Waals surface area contributed by atoms with Gasteiger partial charge in [-0.05, 0) is 30.5 Å². The summed E-state index contributed by atoms with van der Waals surface area (Å²) in [5.74, 6) is -0.915. The summed E-state index contributed by atoms with van der Waals surface area (Å²) in [6.07, 6.45) is 0.520. The maximum atomic E-state index is 10.7. The van der Waals surface area contributed by atoms with Crippen LogP contribution in [-0.2, 0) is 16.6 Å². The van der Waals surface area contributed by atoms with Crippen molar-refractivity contribution in [3.05, 3.63) is 63.1 Å². The summed E-state index contributed by atoms with van der Waals surface area (Å²) in [5.41, 5.74) is 2.15. The largest absolute Gasteiger partial charge is 0.480 e. The summed E-state index contributed by atoms with van der Waals surface area (Å²) in [6, 6.07) is 11.3. The fraction of sp³-hybridized carbons (Fsp3) is 0.222. The molecule has 0 bridgehead atoms. The first-order chi connectivity index (χ1) is 11.9. The lowest BCUT2D eigenvalue weighted by atomic mass is 9.78. The van der Waals surface area contributed by atoms with E-state index in [-0.39, 0.29) is 15.8 Å². The molecule has 0 amide bonds. The third-order valence-electron chi connectivity index (χ3n) is 4.42. The summed E-state index contributed by atoms with van der Waals surface area (Å²) in [4.78, 5) is 10.7. The van der Waals surface area contributed by atoms with Crippen LogP contribution in [0.5, 0.6) is 5.75 Å². The van der Waals surface area contributed by atoms with E-state index in [1.54, 1.807) is 6.07 Å². The molecule has 1 unspecified atom stereocenters. The van der Waals surface area contributed by atoms with E-state index in [0.29, 0.717) is 17.7 Å². The van der Waals surface area contributed by atoms with Gasteiger partial charge < -0.3 is 15.1 Å². The Morgan fingerprint density at radius 1 is 1.28 bits per heavy atom. The number of carboxylic acid groups (broad SMARTS) is 1. The van der Waals surface area contributed by atoms with Crippen LogP contribution in [0.3, 0.4) is 0 Å². The predicted molar refractivity (Wildman–Crippen MR) is 95.4 cm³/mol. The number of ether oxygens (including phenoxy) is 1. The Morgan fingerprint density at radius 3 is 2.56 bits per heavy atom. The molecule has 2 aromatic rings. The van der Waals surface area contributed by atoms with E-state index >= 15 is 0 Å². The number of nitrogens with zero attached hydrogens (tertiary/aromatic N) is 1. The number of oxime groups is 1. The molecule has 0 fully saturated rings. The highest BCUT2D eigenvalue weighted by molar-refractivity contribution is 6.45. The molecule has 0 aliphatic heterocycles. The molecule has 3 rings (SSSR count). The minimum atomic E-state index is -1.11. The van der Waals surface area contributed by atoms with E-state index in [1.165, 1.54) is 0 Å². The zero-order chi connectivity index (χ0) is 18.2. The number of hydrogen-bond acceptors (Lipinski definition) is 4. The Kier molecular flexibility index (Phi) is 4.62. The Hall–Kier alpha value is -2.24. The summed E-state index contributed by atoms with van der Waals surface area (Å²) < 4.78 is 5.23. The maximum Gasteiger partial charge on any atom is 0.341 e. The van der Waals surface area contributed by atoms with Crippen molar-refractivity contribution in [1.29, 1.82) is 0 Å². The van der Waals surface area contributed by atoms with Crippen molar-refractivity contribution < 1.29 is 19.8 Å². The van der Waals surface area contributed by atoms with E-state index in [1.807, 2.05) is 37.3 Å². The van der Waals surface area contributed by atoms with Crippen LogP contribution in [0.2, 0.25) is 10.0 Å². The summed E-state index contributed by atoms with van der Waals surface area (Å²) in [7, 11) is 0. The first-order valence-electron chi connectivity index (χ1n) is 7.52. The van der Waals surface area contributed by atoms with Crippen LogP contribution in [0.15, 0.2) is 41.6 Å². The first-order valence-corrected chi connectivity index (χ1v) is 8.28. The molecule has 2 N–H and O–H groups in total. The van der Waals surface area contributed by atoms with Crippen molar-refractivity contribution in [3.8, 4) is 5.75 Å². The molecule has 1 aliphatic carbocycles. The highest BCUT2D eigenvalue weighted by atomic mass is 35.5. The van der Waals surface area contributed by atoms with Gasteiger partial charge in [-0.3, -0.25) is 0 Å². The second-order valence-corrected chi connectivity index (χ2v) is 6.80. The molecule has 7 heteroatoms. The smallest absolute Gasteiger partial charge is 0.341 e. The monoisotopic (exact) mass is 379 g/mol. The molecular weight excluding hydrogens is 365 g/mol. The van der Waals surface area contributed by atoms with E-state index in [2.05, 4.69) is 5.16 Å². The van der Waals surface area contributed by atoms with E-state index in [9.17, 15) is 10.0 Å². The maximum absolute atomic E-state index is 10.7. The molecule has 0 saturated heterocycles. The standard InChI is InChI=1S/C18H15Cl2NO4/c1-18(11-5-3-2-4-6-11)8-10-7-12(25-9-13(22)23)15(19)16(20)14(10)17(18)21-24/h2-7,24H,8-9H2,1H3,(H,22,23)/b21-17+. The molecule has 1 atom stereocenters. The second kappa shape index (κ2) is 6.58. The number of benzene rings is 2. The van der Waals surface area contributed by atoms with Gasteiger partial charge in [0.15, 0.2) is 6.61 Å².